The summed E-state index contributed by atoms with van der Waals surface area (Å²) in [6.07, 6.45) is 1.56. The van der Waals surface area contributed by atoms with Gasteiger partial charge < -0.3 is 19.1 Å². The first-order valence-corrected chi connectivity index (χ1v) is 11.7. The molecule has 2 amide bonds. The number of amides is 2. The van der Waals surface area contributed by atoms with Gasteiger partial charge in [-0.1, -0.05) is 0 Å². The summed E-state index contributed by atoms with van der Waals surface area (Å²) in [5, 5.41) is 0. The van der Waals surface area contributed by atoms with E-state index in [1.807, 2.05) is 0 Å². The predicted octanol–water partition coefficient (Wildman–Crippen LogP) is 2.32. The average Bonchev–Trinajstić information content (AvgIpc) is 3.21. The van der Waals surface area contributed by atoms with Crippen LogP contribution >= 0.6 is 0 Å². The molecule has 0 unspecified atom stereocenters. The van der Waals surface area contributed by atoms with Crippen LogP contribution in [0, 0.1) is 5.82 Å². The molecule has 1 aromatic carbocycles. The van der Waals surface area contributed by atoms with Gasteiger partial charge in [0.05, 0.1) is 29.5 Å². The molecule has 1 spiro atoms. The lowest BCUT2D eigenvalue weighted by molar-refractivity contribution is -0.135. The molecular formula is C25H23FN4O6. The molecule has 0 aliphatic carbocycles. The standard InChI is InChI=1S/C25H23FN4O6/c26-16-11-19-18(27-13-16)2-4-22(31)29(19)14-23(32)28-7-5-25(6-8-28)15-30(24(33)36-25)17-1-3-20-21(12-17)35-10-9-34-20/h1-4,11-13H,5-10,14-15H2. The molecule has 0 radical (unpaired) electrons. The average molecular weight is 494 g/mol. The Morgan fingerprint density at radius 3 is 2.61 bits per heavy atom. The summed E-state index contributed by atoms with van der Waals surface area (Å²) in [4.78, 5) is 45.4. The number of benzene rings is 1. The molecule has 6 rings (SSSR count). The number of pyridine rings is 2. The van der Waals surface area contributed by atoms with Crippen LogP contribution in [0.1, 0.15) is 12.8 Å². The Balaban J connectivity index is 1.14. The maximum atomic E-state index is 13.7. The molecule has 0 N–H and O–H groups in total. The summed E-state index contributed by atoms with van der Waals surface area (Å²) < 4.78 is 32.0. The molecule has 11 heteroatoms. The minimum Gasteiger partial charge on any atom is -0.486 e. The van der Waals surface area contributed by atoms with E-state index in [9.17, 15) is 18.8 Å². The highest BCUT2D eigenvalue weighted by molar-refractivity contribution is 5.91. The van der Waals surface area contributed by atoms with Crippen LogP contribution < -0.4 is 19.9 Å². The summed E-state index contributed by atoms with van der Waals surface area (Å²) in [7, 11) is 0. The van der Waals surface area contributed by atoms with Crippen molar-refractivity contribution in [3.8, 4) is 11.5 Å². The van der Waals surface area contributed by atoms with Gasteiger partial charge in [0.1, 0.15) is 31.2 Å². The van der Waals surface area contributed by atoms with E-state index in [4.69, 9.17) is 14.2 Å². The summed E-state index contributed by atoms with van der Waals surface area (Å²) in [6, 6.07) is 9.37. The van der Waals surface area contributed by atoms with Crippen LogP contribution in [0.3, 0.4) is 0 Å². The zero-order valence-corrected chi connectivity index (χ0v) is 19.3. The monoisotopic (exact) mass is 494 g/mol. The molecule has 2 fully saturated rings. The van der Waals surface area contributed by atoms with E-state index in [0.29, 0.717) is 68.4 Å². The molecular weight excluding hydrogens is 471 g/mol. The molecule has 3 aliphatic heterocycles. The molecule has 2 aromatic heterocycles. The molecule has 5 heterocycles. The second-order valence-electron chi connectivity index (χ2n) is 9.16. The number of carbonyl (C=O) groups excluding carboxylic acids is 2. The third kappa shape index (κ3) is 3.90. The number of halogens is 1. The number of hydrogen-bond donors (Lipinski definition) is 0. The summed E-state index contributed by atoms with van der Waals surface area (Å²) in [5.41, 5.74) is 0.250. The van der Waals surface area contributed by atoms with Crippen molar-refractivity contribution in [2.24, 2.45) is 0 Å². The summed E-state index contributed by atoms with van der Waals surface area (Å²) in [6.45, 7) is 1.81. The Morgan fingerprint density at radius 2 is 1.81 bits per heavy atom. The Labute approximate surface area is 204 Å². The third-order valence-electron chi connectivity index (χ3n) is 6.93. The quantitative estimate of drug-likeness (QED) is 0.551. The van der Waals surface area contributed by atoms with Crippen LogP contribution in [0.2, 0.25) is 0 Å². The van der Waals surface area contributed by atoms with Gasteiger partial charge in [-0.25, -0.2) is 9.18 Å². The number of fused-ring (bicyclic) bond motifs is 2. The van der Waals surface area contributed by atoms with E-state index in [0.717, 1.165) is 6.20 Å². The molecule has 0 bridgehead atoms. The van der Waals surface area contributed by atoms with Gasteiger partial charge in [-0.3, -0.25) is 24.0 Å². The first-order valence-electron chi connectivity index (χ1n) is 11.7. The molecule has 3 aromatic rings. The zero-order chi connectivity index (χ0) is 24.9. The zero-order valence-electron chi connectivity index (χ0n) is 19.3. The van der Waals surface area contributed by atoms with Crippen LogP contribution in [0.5, 0.6) is 11.5 Å². The highest BCUT2D eigenvalue weighted by Gasteiger charge is 2.48. The highest BCUT2D eigenvalue weighted by Crippen LogP contribution is 2.39. The highest BCUT2D eigenvalue weighted by atomic mass is 19.1. The number of rotatable bonds is 3. The van der Waals surface area contributed by atoms with Crippen molar-refractivity contribution >= 4 is 28.7 Å². The largest absolute Gasteiger partial charge is 0.486 e. The van der Waals surface area contributed by atoms with Gasteiger partial charge in [-0.2, -0.15) is 0 Å². The topological polar surface area (TPSA) is 103 Å². The van der Waals surface area contributed by atoms with Crippen molar-refractivity contribution in [3.05, 3.63) is 58.8 Å². The van der Waals surface area contributed by atoms with E-state index in [2.05, 4.69) is 4.98 Å². The van der Waals surface area contributed by atoms with Crippen molar-refractivity contribution in [1.82, 2.24) is 14.5 Å². The van der Waals surface area contributed by atoms with Gasteiger partial charge in [-0.15, -0.1) is 0 Å². The number of nitrogens with zero attached hydrogens (tertiary/aromatic N) is 4. The van der Waals surface area contributed by atoms with Crippen LogP contribution in [0.4, 0.5) is 14.9 Å². The second-order valence-corrected chi connectivity index (χ2v) is 9.16. The van der Waals surface area contributed by atoms with Gasteiger partial charge >= 0.3 is 6.09 Å². The van der Waals surface area contributed by atoms with Gasteiger partial charge in [0, 0.05) is 44.1 Å². The number of ether oxygens (including phenoxy) is 3. The fourth-order valence-corrected chi connectivity index (χ4v) is 4.99. The number of anilines is 1. The lowest BCUT2D eigenvalue weighted by Crippen LogP contribution is -2.49. The normalized spacial score (nSPS) is 18.5. The Kier molecular flexibility index (Phi) is 5.27. The Bertz CT molecular complexity index is 1430. The lowest BCUT2D eigenvalue weighted by Gasteiger charge is -2.37. The SMILES string of the molecule is O=C(Cn1c(=O)ccc2ncc(F)cc21)N1CCC2(CC1)CN(c1ccc3c(c1)OCCO3)C(=O)O2. The minimum absolute atomic E-state index is 0.225. The predicted molar refractivity (Wildman–Crippen MR) is 126 cm³/mol. The smallest absolute Gasteiger partial charge is 0.415 e. The summed E-state index contributed by atoms with van der Waals surface area (Å²) in [5.74, 6) is 0.381. The van der Waals surface area contributed by atoms with Gasteiger partial charge in [-0.05, 0) is 18.2 Å². The number of likely N-dealkylation sites (tertiary alicyclic amines) is 1. The molecule has 186 valence electrons. The van der Waals surface area contributed by atoms with Crippen molar-refractivity contribution in [3.63, 3.8) is 0 Å². The van der Waals surface area contributed by atoms with Crippen LogP contribution in [0.25, 0.3) is 11.0 Å². The van der Waals surface area contributed by atoms with E-state index in [-0.39, 0.29) is 18.0 Å². The van der Waals surface area contributed by atoms with Crippen molar-refractivity contribution in [1.29, 1.82) is 0 Å². The van der Waals surface area contributed by atoms with E-state index < -0.39 is 23.1 Å². The number of hydrogen-bond acceptors (Lipinski definition) is 7. The van der Waals surface area contributed by atoms with Crippen LogP contribution in [-0.4, -0.2) is 64.9 Å². The summed E-state index contributed by atoms with van der Waals surface area (Å²) >= 11 is 0. The molecule has 0 saturated carbocycles. The molecule has 3 aliphatic rings. The van der Waals surface area contributed by atoms with E-state index in [1.165, 1.54) is 22.8 Å². The van der Waals surface area contributed by atoms with Crippen molar-refractivity contribution < 1.29 is 28.2 Å². The lowest BCUT2D eigenvalue weighted by atomic mass is 9.91. The molecule has 10 nitrogen and oxygen atoms in total. The third-order valence-corrected chi connectivity index (χ3v) is 6.93. The first-order chi connectivity index (χ1) is 17.4. The Morgan fingerprint density at radius 1 is 1.03 bits per heavy atom. The maximum absolute atomic E-state index is 13.7. The van der Waals surface area contributed by atoms with E-state index >= 15 is 0 Å². The second kappa shape index (κ2) is 8.51. The fourth-order valence-electron chi connectivity index (χ4n) is 4.99. The maximum Gasteiger partial charge on any atom is 0.415 e. The van der Waals surface area contributed by atoms with E-state index in [1.54, 1.807) is 28.0 Å². The van der Waals surface area contributed by atoms with Crippen LogP contribution in [-0.2, 0) is 16.1 Å². The van der Waals surface area contributed by atoms with Crippen LogP contribution in [0.15, 0.2) is 47.4 Å². The minimum atomic E-state index is -0.704. The molecule has 0 atom stereocenters. The molecule has 36 heavy (non-hydrogen) atoms. The van der Waals surface area contributed by atoms with Gasteiger partial charge in [0.2, 0.25) is 5.91 Å². The van der Waals surface area contributed by atoms with Crippen molar-refractivity contribution in [2.75, 3.05) is 37.7 Å². The van der Waals surface area contributed by atoms with Gasteiger partial charge in [0.25, 0.3) is 5.56 Å². The van der Waals surface area contributed by atoms with Gasteiger partial charge in [0.15, 0.2) is 11.5 Å². The Hall–Kier alpha value is -4.15. The number of carbonyl (C=O) groups is 2. The van der Waals surface area contributed by atoms with Crippen molar-refractivity contribution in [2.45, 2.75) is 25.0 Å². The fraction of sp³-hybridized carbons (Fsp3) is 0.360. The first kappa shape index (κ1) is 22.3. The molecule has 2 saturated heterocycles. The number of aromatic nitrogens is 2. The number of piperidine rings is 1.